The Bertz CT molecular complexity index is 1300. The SMILES string of the molecule is O=C(Nc1ncc(F)s1)C(CC1CCOCC1)n1ncc2c(S(=O)(=O)C3CC3)c(O)ccc21. The number of nitrogens with one attached hydrogen (secondary N) is 1. The number of carbonyl (C=O) groups is 1. The predicted molar refractivity (Wildman–Crippen MR) is 120 cm³/mol. The minimum absolute atomic E-state index is 0.138. The summed E-state index contributed by atoms with van der Waals surface area (Å²) in [4.78, 5) is 17.0. The van der Waals surface area contributed by atoms with Crippen molar-refractivity contribution in [2.75, 3.05) is 18.5 Å². The lowest BCUT2D eigenvalue weighted by Gasteiger charge is -2.26. The molecule has 0 bridgehead atoms. The summed E-state index contributed by atoms with van der Waals surface area (Å²) in [6, 6.07) is 2.12. The molecule has 1 atom stereocenters. The molecule has 2 fully saturated rings. The maximum Gasteiger partial charge on any atom is 0.251 e. The number of aromatic hydroxyl groups is 1. The number of ether oxygens (including phenoxy) is 1. The maximum atomic E-state index is 13.4. The average molecular weight is 495 g/mol. The van der Waals surface area contributed by atoms with Gasteiger partial charge in [-0.05, 0) is 50.2 Å². The number of aromatic nitrogens is 3. The molecule has 1 aromatic carbocycles. The number of halogens is 1. The molecule has 1 saturated heterocycles. The normalized spacial score (nSPS) is 18.5. The molecule has 3 heterocycles. The van der Waals surface area contributed by atoms with Crippen LogP contribution in [0.2, 0.25) is 0 Å². The van der Waals surface area contributed by atoms with Crippen molar-refractivity contribution in [3.63, 3.8) is 0 Å². The first kappa shape index (κ1) is 22.2. The number of rotatable bonds is 7. The van der Waals surface area contributed by atoms with Crippen LogP contribution in [0.15, 0.2) is 29.4 Å². The van der Waals surface area contributed by atoms with Crippen LogP contribution in [0.3, 0.4) is 0 Å². The van der Waals surface area contributed by atoms with Crippen LogP contribution in [-0.4, -0.2) is 52.7 Å². The van der Waals surface area contributed by atoms with Gasteiger partial charge in [0.2, 0.25) is 0 Å². The Morgan fingerprint density at radius 2 is 2.03 bits per heavy atom. The summed E-state index contributed by atoms with van der Waals surface area (Å²) in [6.07, 6.45) is 5.57. The van der Waals surface area contributed by atoms with Crippen molar-refractivity contribution >= 4 is 43.1 Å². The predicted octanol–water partition coefficient (Wildman–Crippen LogP) is 3.27. The lowest BCUT2D eigenvalue weighted by atomic mass is 9.92. The second-order valence-corrected chi connectivity index (χ2v) is 11.6. The summed E-state index contributed by atoms with van der Waals surface area (Å²) < 4.78 is 46.3. The van der Waals surface area contributed by atoms with E-state index >= 15 is 0 Å². The summed E-state index contributed by atoms with van der Waals surface area (Å²) in [7, 11) is -3.70. The van der Waals surface area contributed by atoms with Crippen LogP contribution in [0.25, 0.3) is 10.9 Å². The van der Waals surface area contributed by atoms with Crippen LogP contribution in [0, 0.1) is 11.0 Å². The van der Waals surface area contributed by atoms with Crippen molar-refractivity contribution in [1.82, 2.24) is 14.8 Å². The molecule has 5 rings (SSSR count). The monoisotopic (exact) mass is 494 g/mol. The highest BCUT2D eigenvalue weighted by Crippen LogP contribution is 2.41. The standard InChI is InChI=1S/C21H23FN4O5S2/c22-18-11-23-21(32-18)25-20(28)16(9-12-5-7-31-8-6-12)26-15-3-4-17(27)19(14(15)10-24-26)33(29,30)13-1-2-13/h3-4,10-13,16,27H,1-2,5-9H2,(H,23,25,28). The number of anilines is 1. The van der Waals surface area contributed by atoms with Gasteiger partial charge in [0.25, 0.3) is 5.91 Å². The second kappa shape index (κ2) is 8.65. The second-order valence-electron chi connectivity index (χ2n) is 8.45. The van der Waals surface area contributed by atoms with Crippen LogP contribution < -0.4 is 5.32 Å². The lowest BCUT2D eigenvalue weighted by molar-refractivity contribution is -0.120. The Morgan fingerprint density at radius 3 is 2.70 bits per heavy atom. The van der Waals surface area contributed by atoms with E-state index < -0.39 is 32.2 Å². The fraction of sp³-hybridized carbons (Fsp3) is 0.476. The van der Waals surface area contributed by atoms with E-state index in [4.69, 9.17) is 4.74 Å². The zero-order valence-corrected chi connectivity index (χ0v) is 19.2. The number of benzene rings is 1. The van der Waals surface area contributed by atoms with Gasteiger partial charge in [0.1, 0.15) is 16.7 Å². The highest BCUT2D eigenvalue weighted by atomic mass is 32.2. The fourth-order valence-electron chi connectivity index (χ4n) is 4.29. The number of hydrogen-bond donors (Lipinski definition) is 2. The number of phenols is 1. The van der Waals surface area contributed by atoms with Crippen molar-refractivity contribution in [3.05, 3.63) is 29.7 Å². The van der Waals surface area contributed by atoms with Gasteiger partial charge in [0.15, 0.2) is 20.1 Å². The van der Waals surface area contributed by atoms with Gasteiger partial charge in [0.05, 0.1) is 23.2 Å². The van der Waals surface area contributed by atoms with Gasteiger partial charge in [-0.25, -0.2) is 13.4 Å². The highest BCUT2D eigenvalue weighted by Gasteiger charge is 2.40. The Hall–Kier alpha value is -2.57. The van der Waals surface area contributed by atoms with E-state index in [1.807, 2.05) is 0 Å². The first-order chi connectivity index (χ1) is 15.8. The number of sulfone groups is 1. The molecule has 176 valence electrons. The summed E-state index contributed by atoms with van der Waals surface area (Å²) in [5.74, 6) is -0.535. The molecule has 3 aromatic rings. The molecule has 33 heavy (non-hydrogen) atoms. The quantitative estimate of drug-likeness (QED) is 0.517. The van der Waals surface area contributed by atoms with E-state index in [9.17, 15) is 22.7 Å². The van der Waals surface area contributed by atoms with E-state index in [0.717, 1.165) is 30.4 Å². The van der Waals surface area contributed by atoms with Crippen LogP contribution >= 0.6 is 11.3 Å². The van der Waals surface area contributed by atoms with E-state index in [0.29, 0.717) is 38.0 Å². The largest absolute Gasteiger partial charge is 0.507 e. The summed E-state index contributed by atoms with van der Waals surface area (Å²) >= 11 is 0.727. The Kier molecular flexibility index (Phi) is 5.83. The molecule has 2 aromatic heterocycles. The van der Waals surface area contributed by atoms with Crippen molar-refractivity contribution in [2.45, 2.75) is 48.3 Å². The molecule has 1 aliphatic heterocycles. The van der Waals surface area contributed by atoms with Crippen molar-refractivity contribution in [1.29, 1.82) is 0 Å². The highest BCUT2D eigenvalue weighted by molar-refractivity contribution is 7.92. The smallest absolute Gasteiger partial charge is 0.251 e. The van der Waals surface area contributed by atoms with Crippen LogP contribution in [0.4, 0.5) is 9.52 Å². The molecular formula is C21H23FN4O5S2. The third-order valence-corrected chi connectivity index (χ3v) is 9.21. The third kappa shape index (κ3) is 4.34. The zero-order chi connectivity index (χ0) is 23.2. The Labute approximate surface area is 193 Å². The Morgan fingerprint density at radius 1 is 1.27 bits per heavy atom. The molecule has 12 heteroatoms. The number of thiazole rings is 1. The molecule has 0 spiro atoms. The minimum atomic E-state index is -3.70. The first-order valence-electron chi connectivity index (χ1n) is 10.8. The number of hydrogen-bond acceptors (Lipinski definition) is 8. The summed E-state index contributed by atoms with van der Waals surface area (Å²) in [5, 5.41) is 16.8. The van der Waals surface area contributed by atoms with Crippen LogP contribution in [0.1, 0.15) is 38.1 Å². The molecule has 1 aliphatic carbocycles. The lowest BCUT2D eigenvalue weighted by Crippen LogP contribution is -2.30. The number of phenolic OH excluding ortho intramolecular Hbond substituents is 1. The van der Waals surface area contributed by atoms with Crippen LogP contribution in [-0.2, 0) is 19.4 Å². The molecule has 2 aliphatic rings. The number of carbonyl (C=O) groups excluding carboxylic acids is 1. The van der Waals surface area contributed by atoms with E-state index in [2.05, 4.69) is 15.4 Å². The van der Waals surface area contributed by atoms with Gasteiger partial charge in [-0.15, -0.1) is 0 Å². The molecular weight excluding hydrogens is 471 g/mol. The van der Waals surface area contributed by atoms with Gasteiger partial charge in [-0.1, -0.05) is 11.3 Å². The van der Waals surface area contributed by atoms with Gasteiger partial charge in [-0.2, -0.15) is 9.49 Å². The van der Waals surface area contributed by atoms with Gasteiger partial charge in [0, 0.05) is 18.6 Å². The van der Waals surface area contributed by atoms with Crippen LogP contribution in [0.5, 0.6) is 5.75 Å². The van der Waals surface area contributed by atoms with E-state index in [-0.39, 0.29) is 27.1 Å². The van der Waals surface area contributed by atoms with Crippen molar-refractivity contribution in [2.24, 2.45) is 5.92 Å². The topological polar surface area (TPSA) is 123 Å². The minimum Gasteiger partial charge on any atom is -0.507 e. The van der Waals surface area contributed by atoms with Crippen molar-refractivity contribution < 1.29 is 27.4 Å². The number of fused-ring (bicyclic) bond motifs is 1. The van der Waals surface area contributed by atoms with Crippen molar-refractivity contribution in [3.8, 4) is 5.75 Å². The molecule has 1 saturated carbocycles. The molecule has 1 unspecified atom stereocenters. The fourth-order valence-corrected chi connectivity index (χ4v) is 6.75. The first-order valence-corrected chi connectivity index (χ1v) is 13.1. The maximum absolute atomic E-state index is 13.4. The van der Waals surface area contributed by atoms with Gasteiger partial charge < -0.3 is 15.2 Å². The summed E-state index contributed by atoms with van der Waals surface area (Å²) in [6.45, 7) is 1.21. The molecule has 1 amide bonds. The summed E-state index contributed by atoms with van der Waals surface area (Å²) in [5.41, 5.74) is 0.435. The Balaban J connectivity index is 1.55. The number of amides is 1. The van der Waals surface area contributed by atoms with E-state index in [1.165, 1.54) is 16.9 Å². The molecule has 9 nitrogen and oxygen atoms in total. The number of nitrogens with zero attached hydrogens (tertiary/aromatic N) is 3. The van der Waals surface area contributed by atoms with E-state index in [1.54, 1.807) is 6.07 Å². The third-order valence-electron chi connectivity index (χ3n) is 6.16. The van der Waals surface area contributed by atoms with Gasteiger partial charge in [-0.3, -0.25) is 9.48 Å². The average Bonchev–Trinajstić information content (AvgIpc) is 3.47. The molecule has 0 radical (unpaired) electrons. The zero-order valence-electron chi connectivity index (χ0n) is 17.6. The van der Waals surface area contributed by atoms with Gasteiger partial charge >= 0.3 is 0 Å². The molecule has 2 N–H and O–H groups in total.